The molecule has 0 unspecified atom stereocenters. The van der Waals surface area contributed by atoms with Gasteiger partial charge in [-0.1, -0.05) is 17.7 Å². The zero-order valence-corrected chi connectivity index (χ0v) is 18.9. The molecule has 4 rings (SSSR count). The number of pyridine rings is 2. The van der Waals surface area contributed by atoms with Crippen LogP contribution in [-0.4, -0.2) is 22.5 Å². The van der Waals surface area contributed by atoms with Gasteiger partial charge in [-0.25, -0.2) is 4.98 Å². The Hall–Kier alpha value is -4.35. The third-order valence-corrected chi connectivity index (χ3v) is 5.13. The monoisotopic (exact) mass is 472 g/mol. The molecule has 9 heteroatoms. The molecule has 0 saturated heterocycles. The summed E-state index contributed by atoms with van der Waals surface area (Å²) in [4.78, 5) is 20.5. The number of nitrogens with one attached hydrogen (secondary N) is 1. The van der Waals surface area contributed by atoms with Gasteiger partial charge in [0.05, 0.1) is 28.5 Å². The smallest absolute Gasteiger partial charge is 0.268 e. The zero-order chi connectivity index (χ0) is 24.1. The Morgan fingerprint density at radius 3 is 2.79 bits per heavy atom. The SMILES string of the molecule is CCOc1[c]cc2c(Nc3ccc(OCc4ccccn4)c(Cl)c3)c(C#N)c(C(N)=O)nc2c1. The van der Waals surface area contributed by atoms with Crippen LogP contribution in [-0.2, 0) is 6.61 Å². The van der Waals surface area contributed by atoms with Crippen LogP contribution in [0.15, 0.2) is 54.7 Å². The van der Waals surface area contributed by atoms with Crippen LogP contribution in [0.3, 0.4) is 0 Å². The van der Waals surface area contributed by atoms with Crippen molar-refractivity contribution >= 4 is 39.8 Å². The number of rotatable bonds is 8. The molecular weight excluding hydrogens is 454 g/mol. The largest absolute Gasteiger partial charge is 0.493 e. The fourth-order valence-corrected chi connectivity index (χ4v) is 3.55. The highest BCUT2D eigenvalue weighted by atomic mass is 35.5. The molecule has 3 N–H and O–H groups in total. The van der Waals surface area contributed by atoms with E-state index >= 15 is 0 Å². The van der Waals surface area contributed by atoms with Gasteiger partial charge in [0.1, 0.15) is 35.4 Å². The first-order chi connectivity index (χ1) is 16.5. The lowest BCUT2D eigenvalue weighted by Crippen LogP contribution is -2.16. The number of aromatic nitrogens is 2. The van der Waals surface area contributed by atoms with Crippen molar-refractivity contribution in [1.82, 2.24) is 9.97 Å². The quantitative estimate of drug-likeness (QED) is 0.378. The molecule has 0 atom stereocenters. The summed E-state index contributed by atoms with van der Waals surface area (Å²) in [6, 6.07) is 19.0. The number of fused-ring (bicyclic) bond motifs is 1. The molecule has 2 aromatic carbocycles. The standard InChI is InChI=1S/C25H19ClN5O3/c1-2-33-17-7-8-18-21(12-17)31-24(25(28)32)19(13-27)23(18)30-15-6-9-22(20(26)11-15)34-14-16-5-3-4-10-29-16/h3-6,8-12H,2,14H2,1H3,(H2,28,32)(H,30,31). The number of amides is 1. The van der Waals surface area contributed by atoms with Crippen molar-refractivity contribution in [2.24, 2.45) is 5.73 Å². The van der Waals surface area contributed by atoms with Gasteiger partial charge in [0.15, 0.2) is 0 Å². The molecule has 34 heavy (non-hydrogen) atoms. The highest BCUT2D eigenvalue weighted by Gasteiger charge is 2.20. The van der Waals surface area contributed by atoms with E-state index in [0.717, 1.165) is 5.69 Å². The number of hydrogen-bond acceptors (Lipinski definition) is 7. The minimum absolute atomic E-state index is 0.0177. The van der Waals surface area contributed by atoms with Crippen LogP contribution < -0.4 is 20.5 Å². The minimum atomic E-state index is -0.816. The fraction of sp³-hybridized carbons (Fsp3) is 0.120. The Morgan fingerprint density at radius 2 is 2.12 bits per heavy atom. The summed E-state index contributed by atoms with van der Waals surface area (Å²) in [7, 11) is 0. The molecule has 4 aromatic rings. The summed E-state index contributed by atoms with van der Waals surface area (Å²) in [5.74, 6) is 0.125. The number of nitrogens with zero attached hydrogens (tertiary/aromatic N) is 3. The molecule has 0 bridgehead atoms. The van der Waals surface area contributed by atoms with Crippen molar-refractivity contribution in [3.63, 3.8) is 0 Å². The maximum atomic E-state index is 12.0. The van der Waals surface area contributed by atoms with Crippen LogP contribution in [0.25, 0.3) is 10.9 Å². The third kappa shape index (κ3) is 4.85. The van der Waals surface area contributed by atoms with Crippen molar-refractivity contribution < 1.29 is 14.3 Å². The van der Waals surface area contributed by atoms with Gasteiger partial charge < -0.3 is 20.5 Å². The molecule has 2 heterocycles. The van der Waals surface area contributed by atoms with Crippen LogP contribution in [0.1, 0.15) is 28.7 Å². The molecule has 0 spiro atoms. The van der Waals surface area contributed by atoms with Gasteiger partial charge >= 0.3 is 0 Å². The van der Waals surface area contributed by atoms with Crippen LogP contribution in [0.4, 0.5) is 11.4 Å². The number of benzene rings is 2. The Kier molecular flexibility index (Phi) is 6.76. The van der Waals surface area contributed by atoms with E-state index in [0.29, 0.717) is 45.4 Å². The average molecular weight is 473 g/mol. The first-order valence-corrected chi connectivity index (χ1v) is 10.7. The minimum Gasteiger partial charge on any atom is -0.493 e. The highest BCUT2D eigenvalue weighted by molar-refractivity contribution is 6.32. The molecule has 0 saturated carbocycles. The number of anilines is 2. The van der Waals surface area contributed by atoms with Crippen LogP contribution >= 0.6 is 11.6 Å². The predicted molar refractivity (Wildman–Crippen MR) is 128 cm³/mol. The number of nitrogens with two attached hydrogens (primary N) is 1. The van der Waals surface area contributed by atoms with E-state index in [1.165, 1.54) is 0 Å². The molecule has 1 radical (unpaired) electrons. The molecule has 169 valence electrons. The molecule has 0 fully saturated rings. The van der Waals surface area contributed by atoms with Gasteiger partial charge in [0.25, 0.3) is 5.91 Å². The maximum Gasteiger partial charge on any atom is 0.268 e. The summed E-state index contributed by atoms with van der Waals surface area (Å²) >= 11 is 6.43. The number of halogens is 1. The van der Waals surface area contributed by atoms with Gasteiger partial charge in [0, 0.05) is 29.4 Å². The number of nitriles is 1. The number of carbonyl (C=O) groups excluding carboxylic acids is 1. The van der Waals surface area contributed by atoms with Gasteiger partial charge in [0.2, 0.25) is 0 Å². The first kappa shape index (κ1) is 22.8. The van der Waals surface area contributed by atoms with Gasteiger partial charge in [-0.15, -0.1) is 0 Å². The number of carbonyl (C=O) groups is 1. The summed E-state index contributed by atoms with van der Waals surface area (Å²) in [5, 5.41) is 13.9. The van der Waals surface area contributed by atoms with Crippen molar-refractivity contribution in [1.29, 1.82) is 5.26 Å². The summed E-state index contributed by atoms with van der Waals surface area (Å²) < 4.78 is 11.2. The van der Waals surface area contributed by atoms with E-state index in [1.54, 1.807) is 36.5 Å². The molecular formula is C25H19ClN5O3. The molecule has 0 aliphatic heterocycles. The van der Waals surface area contributed by atoms with Crippen LogP contribution in [0.2, 0.25) is 5.02 Å². The lowest BCUT2D eigenvalue weighted by Gasteiger charge is -2.15. The summed E-state index contributed by atoms with van der Waals surface area (Å²) in [6.07, 6.45) is 1.69. The van der Waals surface area contributed by atoms with Crippen molar-refractivity contribution in [2.75, 3.05) is 11.9 Å². The summed E-state index contributed by atoms with van der Waals surface area (Å²) in [5.41, 5.74) is 7.51. The van der Waals surface area contributed by atoms with Gasteiger partial charge in [-0.3, -0.25) is 9.78 Å². The lowest BCUT2D eigenvalue weighted by molar-refractivity contribution is 0.0995. The average Bonchev–Trinajstić information content (AvgIpc) is 2.84. The molecule has 1 amide bonds. The van der Waals surface area contributed by atoms with Gasteiger partial charge in [-0.05, 0) is 43.3 Å². The molecule has 0 aliphatic rings. The van der Waals surface area contributed by atoms with Crippen molar-refractivity contribution in [2.45, 2.75) is 13.5 Å². The Bertz CT molecular complexity index is 1400. The topological polar surface area (TPSA) is 123 Å². The van der Waals surface area contributed by atoms with Crippen LogP contribution in [0.5, 0.6) is 11.5 Å². The van der Waals surface area contributed by atoms with E-state index in [2.05, 4.69) is 21.4 Å². The number of hydrogen-bond donors (Lipinski definition) is 2. The Balaban J connectivity index is 1.69. The van der Waals surface area contributed by atoms with Gasteiger partial charge in [-0.2, -0.15) is 5.26 Å². The molecule has 8 nitrogen and oxygen atoms in total. The second kappa shape index (κ2) is 10.1. The normalized spacial score (nSPS) is 10.5. The second-order valence-corrected chi connectivity index (χ2v) is 7.50. The second-order valence-electron chi connectivity index (χ2n) is 7.10. The van der Waals surface area contributed by atoms with E-state index in [4.69, 9.17) is 26.8 Å². The van der Waals surface area contributed by atoms with E-state index in [9.17, 15) is 10.1 Å². The third-order valence-electron chi connectivity index (χ3n) is 4.84. The molecule has 0 aliphatic carbocycles. The summed E-state index contributed by atoms with van der Waals surface area (Å²) in [6.45, 7) is 2.56. The zero-order valence-electron chi connectivity index (χ0n) is 18.1. The van der Waals surface area contributed by atoms with E-state index < -0.39 is 5.91 Å². The van der Waals surface area contributed by atoms with E-state index in [-0.39, 0.29) is 17.9 Å². The van der Waals surface area contributed by atoms with Crippen molar-refractivity contribution in [3.05, 3.63) is 82.8 Å². The Morgan fingerprint density at radius 1 is 1.26 bits per heavy atom. The number of ether oxygens (including phenoxy) is 2. The maximum absolute atomic E-state index is 12.0. The van der Waals surface area contributed by atoms with Crippen molar-refractivity contribution in [3.8, 4) is 17.6 Å². The predicted octanol–water partition coefficient (Wildman–Crippen LogP) is 4.78. The fourth-order valence-electron chi connectivity index (χ4n) is 3.31. The van der Waals surface area contributed by atoms with Crippen LogP contribution in [0, 0.1) is 17.4 Å². The lowest BCUT2D eigenvalue weighted by atomic mass is 10.0. The van der Waals surface area contributed by atoms with E-state index in [1.807, 2.05) is 31.2 Å². The highest BCUT2D eigenvalue weighted by Crippen LogP contribution is 2.35. The first-order valence-electron chi connectivity index (χ1n) is 10.3. The molecule has 2 aromatic heterocycles. The number of primary amides is 1. The Labute approximate surface area is 200 Å².